The van der Waals surface area contributed by atoms with Crippen LogP contribution in [-0.4, -0.2) is 6.61 Å². The Morgan fingerprint density at radius 1 is 1.46 bits per heavy atom. The van der Waals surface area contributed by atoms with Gasteiger partial charge in [0.15, 0.2) is 0 Å². The first kappa shape index (κ1) is 10.7. The third-order valence-corrected chi connectivity index (χ3v) is 2.12. The first-order valence-electron chi connectivity index (χ1n) is 3.55. The molecule has 1 nitrogen and oxygen atoms in total. The molecule has 0 spiro atoms. The molecule has 0 atom stereocenters. The summed E-state index contributed by atoms with van der Waals surface area (Å²) in [5.41, 5.74) is 1.27. The minimum Gasteiger partial charge on any atom is -0.488 e. The lowest BCUT2D eigenvalue weighted by Gasteiger charge is -2.04. The molecular weight excluding hydrogens is 230 g/mol. The van der Waals surface area contributed by atoms with Gasteiger partial charge in [-0.05, 0) is 18.2 Å². The van der Waals surface area contributed by atoms with Crippen LogP contribution in [0, 0.1) is 0 Å². The van der Waals surface area contributed by atoms with Gasteiger partial charge in [-0.2, -0.15) is 0 Å². The number of benzene rings is 1. The first-order chi connectivity index (χ1) is 6.22. The normalized spacial score (nSPS) is 11.5. The molecule has 70 valence electrons. The Balaban J connectivity index is 2.55. The molecule has 0 aliphatic carbocycles. The highest BCUT2D eigenvalue weighted by Gasteiger charge is 1.96. The fraction of sp³-hybridized carbons (Fsp3) is 0.111. The van der Waals surface area contributed by atoms with Gasteiger partial charge in [0.25, 0.3) is 0 Å². The van der Waals surface area contributed by atoms with E-state index in [1.54, 1.807) is 24.3 Å². The Morgan fingerprint density at radius 3 is 2.85 bits per heavy atom. The Hall–Kier alpha value is -0.370. The van der Waals surface area contributed by atoms with E-state index in [0.717, 1.165) is 0 Å². The van der Waals surface area contributed by atoms with Crippen LogP contribution in [0.1, 0.15) is 0 Å². The van der Waals surface area contributed by atoms with Crippen LogP contribution in [0.15, 0.2) is 34.8 Å². The van der Waals surface area contributed by atoms with E-state index >= 15 is 0 Å². The fourth-order valence-corrected chi connectivity index (χ4v) is 1.04. The average molecular weight is 238 g/mol. The molecule has 1 aromatic carbocycles. The predicted molar refractivity (Wildman–Crippen MR) is 56.7 cm³/mol. The summed E-state index contributed by atoms with van der Waals surface area (Å²) in [5.74, 6) is 0.671. The largest absolute Gasteiger partial charge is 0.488 e. The third-order valence-electron chi connectivity index (χ3n) is 1.29. The molecule has 0 N–H and O–H groups in total. The van der Waals surface area contributed by atoms with Gasteiger partial charge in [0.05, 0.1) is 5.03 Å². The lowest BCUT2D eigenvalue weighted by Crippen LogP contribution is -1.96. The Bertz CT molecular complexity index is 309. The zero-order valence-corrected chi connectivity index (χ0v) is 8.90. The Morgan fingerprint density at radius 2 is 2.23 bits per heavy atom. The smallest absolute Gasteiger partial charge is 0.125 e. The number of hydrogen-bond donors (Lipinski definition) is 0. The van der Waals surface area contributed by atoms with Crippen LogP contribution < -0.4 is 4.74 Å². The van der Waals surface area contributed by atoms with Crippen molar-refractivity contribution in [2.75, 3.05) is 6.61 Å². The van der Waals surface area contributed by atoms with Crippen molar-refractivity contribution in [2.24, 2.45) is 0 Å². The van der Waals surface area contributed by atoms with E-state index in [9.17, 15) is 0 Å². The van der Waals surface area contributed by atoms with Gasteiger partial charge in [-0.1, -0.05) is 40.9 Å². The topological polar surface area (TPSA) is 9.23 Å². The molecule has 0 saturated carbocycles. The predicted octanol–water partition coefficient (Wildman–Crippen LogP) is 4.04. The summed E-state index contributed by atoms with van der Waals surface area (Å²) in [7, 11) is 0. The lowest BCUT2D eigenvalue weighted by molar-refractivity contribution is 0.359. The monoisotopic (exact) mass is 236 g/mol. The van der Waals surface area contributed by atoms with Crippen LogP contribution in [0.3, 0.4) is 0 Å². The highest BCUT2D eigenvalue weighted by atomic mass is 35.5. The molecule has 13 heavy (non-hydrogen) atoms. The molecule has 1 rings (SSSR count). The minimum absolute atomic E-state index is 0.255. The molecule has 0 fully saturated rings. The molecule has 0 aromatic heterocycles. The third kappa shape index (κ3) is 3.90. The summed E-state index contributed by atoms with van der Waals surface area (Å²) in [6, 6.07) is 7.08. The fourth-order valence-electron chi connectivity index (χ4n) is 0.741. The maximum Gasteiger partial charge on any atom is 0.125 e. The van der Waals surface area contributed by atoms with Crippen molar-refractivity contribution in [2.45, 2.75) is 0 Å². The maximum atomic E-state index is 5.74. The summed E-state index contributed by atoms with van der Waals surface area (Å²) in [4.78, 5) is 0. The van der Waals surface area contributed by atoms with Crippen molar-refractivity contribution in [3.63, 3.8) is 0 Å². The van der Waals surface area contributed by atoms with E-state index in [1.807, 2.05) is 0 Å². The van der Waals surface area contributed by atoms with E-state index in [1.165, 1.54) is 5.54 Å². The number of ether oxygens (including phenoxy) is 1. The number of halogens is 3. The molecule has 0 radical (unpaired) electrons. The molecule has 4 heteroatoms. The van der Waals surface area contributed by atoms with Crippen molar-refractivity contribution in [1.29, 1.82) is 0 Å². The standard InChI is InChI=1S/C9H7Cl3O/c10-5-8(12)6-13-9-3-1-2-7(11)4-9/h1-5H,6H2/b8-5+. The second-order valence-electron chi connectivity index (χ2n) is 2.30. The van der Waals surface area contributed by atoms with Gasteiger partial charge in [-0.3, -0.25) is 0 Å². The zero-order chi connectivity index (χ0) is 9.68. The minimum atomic E-state index is 0.255. The molecule has 0 aliphatic heterocycles. The Labute approximate surface area is 91.9 Å². The van der Waals surface area contributed by atoms with E-state index < -0.39 is 0 Å². The average Bonchev–Trinajstić information content (AvgIpc) is 2.14. The van der Waals surface area contributed by atoms with Crippen LogP contribution >= 0.6 is 34.8 Å². The van der Waals surface area contributed by atoms with Gasteiger partial charge in [-0.25, -0.2) is 0 Å². The van der Waals surface area contributed by atoms with Gasteiger partial charge in [0.1, 0.15) is 12.4 Å². The van der Waals surface area contributed by atoms with Crippen LogP contribution in [0.5, 0.6) is 5.75 Å². The van der Waals surface area contributed by atoms with Crippen LogP contribution in [0.25, 0.3) is 0 Å². The van der Waals surface area contributed by atoms with Crippen LogP contribution in [-0.2, 0) is 0 Å². The van der Waals surface area contributed by atoms with Crippen LogP contribution in [0.4, 0.5) is 0 Å². The van der Waals surface area contributed by atoms with E-state index in [2.05, 4.69) is 0 Å². The summed E-state index contributed by atoms with van der Waals surface area (Å²) in [5, 5.41) is 1.07. The van der Waals surface area contributed by atoms with Crippen LogP contribution in [0.2, 0.25) is 5.02 Å². The molecule has 0 bridgehead atoms. The second-order valence-corrected chi connectivity index (χ2v) is 3.44. The van der Waals surface area contributed by atoms with Gasteiger partial charge < -0.3 is 4.74 Å². The van der Waals surface area contributed by atoms with Gasteiger partial charge in [0, 0.05) is 10.6 Å². The lowest BCUT2D eigenvalue weighted by atomic mass is 10.3. The molecule has 0 aliphatic rings. The first-order valence-corrected chi connectivity index (χ1v) is 4.74. The molecule has 0 amide bonds. The van der Waals surface area contributed by atoms with Crippen molar-refractivity contribution in [3.8, 4) is 5.75 Å². The molecule has 0 saturated heterocycles. The number of rotatable bonds is 3. The highest BCUT2D eigenvalue weighted by Crippen LogP contribution is 2.18. The SMILES string of the molecule is Cl/C=C(/Cl)COc1cccc(Cl)c1. The van der Waals surface area contributed by atoms with Crippen molar-refractivity contribution >= 4 is 34.8 Å². The second kappa shape index (κ2) is 5.38. The van der Waals surface area contributed by atoms with Crippen molar-refractivity contribution < 1.29 is 4.74 Å². The maximum absolute atomic E-state index is 5.74. The number of hydrogen-bond acceptors (Lipinski definition) is 1. The van der Waals surface area contributed by atoms with E-state index in [-0.39, 0.29) is 6.61 Å². The van der Waals surface area contributed by atoms with Crippen molar-refractivity contribution in [3.05, 3.63) is 39.9 Å². The van der Waals surface area contributed by atoms with E-state index in [4.69, 9.17) is 39.5 Å². The highest BCUT2D eigenvalue weighted by molar-refractivity contribution is 6.36. The van der Waals surface area contributed by atoms with Gasteiger partial charge in [0.2, 0.25) is 0 Å². The summed E-state index contributed by atoms with van der Waals surface area (Å²) >= 11 is 16.7. The molecule has 0 unspecified atom stereocenters. The molecular formula is C9H7Cl3O. The molecule has 0 heterocycles. The quantitative estimate of drug-likeness (QED) is 0.771. The summed E-state index contributed by atoms with van der Waals surface area (Å²) in [6.07, 6.45) is 0. The zero-order valence-electron chi connectivity index (χ0n) is 6.64. The van der Waals surface area contributed by atoms with Gasteiger partial charge >= 0.3 is 0 Å². The Kier molecular flexibility index (Phi) is 4.43. The summed E-state index contributed by atoms with van der Waals surface area (Å²) < 4.78 is 5.27. The summed E-state index contributed by atoms with van der Waals surface area (Å²) in [6.45, 7) is 0.255. The van der Waals surface area contributed by atoms with E-state index in [0.29, 0.717) is 15.8 Å². The molecule has 1 aromatic rings. The van der Waals surface area contributed by atoms with Crippen molar-refractivity contribution in [1.82, 2.24) is 0 Å². The van der Waals surface area contributed by atoms with Gasteiger partial charge in [-0.15, -0.1) is 0 Å².